The Morgan fingerprint density at radius 1 is 1.29 bits per heavy atom. The number of benzene rings is 1. The minimum Gasteiger partial charge on any atom is -0.467 e. The lowest BCUT2D eigenvalue weighted by Crippen LogP contribution is -2.36. The van der Waals surface area contributed by atoms with E-state index in [1.54, 1.807) is 11.6 Å². The Balaban J connectivity index is 2.54. The summed E-state index contributed by atoms with van der Waals surface area (Å²) in [5.41, 5.74) is 1.35. The van der Waals surface area contributed by atoms with Gasteiger partial charge in [0.25, 0.3) is 5.56 Å². The molecule has 1 aromatic heterocycles. The smallest absolute Gasteiger partial charge is 0.328 e. The van der Waals surface area contributed by atoms with Gasteiger partial charge in [-0.2, -0.15) is 0 Å². The molecule has 0 aliphatic carbocycles. The molecule has 0 aliphatic heterocycles. The quantitative estimate of drug-likeness (QED) is 0.876. The highest BCUT2D eigenvalue weighted by molar-refractivity contribution is 5.93. The molecule has 0 spiro atoms. The third-order valence-corrected chi connectivity index (χ3v) is 3.59. The molecule has 1 atom stereocenters. The van der Waals surface area contributed by atoms with E-state index in [1.807, 2.05) is 38.1 Å². The van der Waals surface area contributed by atoms with Crippen molar-refractivity contribution in [1.29, 1.82) is 0 Å². The lowest BCUT2D eigenvalue weighted by Gasteiger charge is -2.22. The maximum atomic E-state index is 12.1. The zero-order valence-electron chi connectivity index (χ0n) is 12.7. The number of aromatic nitrogens is 1. The number of hydrogen-bond donors (Lipinski definition) is 1. The summed E-state index contributed by atoms with van der Waals surface area (Å²) in [5.74, 6) is -0.296. The van der Waals surface area contributed by atoms with Gasteiger partial charge in [0.15, 0.2) is 0 Å². The Hall–Kier alpha value is -2.30. The highest BCUT2D eigenvalue weighted by Gasteiger charge is 2.23. The fourth-order valence-electron chi connectivity index (χ4n) is 2.32. The zero-order chi connectivity index (χ0) is 15.6. The standard InChI is InChI=1S/C16H20N2O3/c1-10(2)15(16(20)21-4)17-12-9-14(19)18(3)13-8-6-5-7-11(12)13/h5-10,15,17H,1-4H3. The molecule has 0 fully saturated rings. The maximum absolute atomic E-state index is 12.1. The molecular formula is C16H20N2O3. The number of para-hydroxylation sites is 1. The summed E-state index contributed by atoms with van der Waals surface area (Å²) in [6.45, 7) is 3.86. The molecule has 0 amide bonds. The number of pyridine rings is 1. The lowest BCUT2D eigenvalue weighted by molar-refractivity contribution is -0.142. The predicted molar refractivity (Wildman–Crippen MR) is 83.5 cm³/mol. The Labute approximate surface area is 123 Å². The Kier molecular flexibility index (Phi) is 4.31. The summed E-state index contributed by atoms with van der Waals surface area (Å²) in [4.78, 5) is 23.9. The van der Waals surface area contributed by atoms with Crippen LogP contribution < -0.4 is 10.9 Å². The molecule has 0 radical (unpaired) electrons. The first-order valence-corrected chi connectivity index (χ1v) is 6.89. The van der Waals surface area contributed by atoms with Crippen molar-refractivity contribution < 1.29 is 9.53 Å². The number of esters is 1. The van der Waals surface area contributed by atoms with E-state index in [2.05, 4.69) is 5.32 Å². The van der Waals surface area contributed by atoms with Gasteiger partial charge < -0.3 is 14.6 Å². The summed E-state index contributed by atoms with van der Waals surface area (Å²) in [6.07, 6.45) is 0. The summed E-state index contributed by atoms with van der Waals surface area (Å²) in [5, 5.41) is 4.05. The number of nitrogens with one attached hydrogen (secondary N) is 1. The fraction of sp³-hybridized carbons (Fsp3) is 0.375. The molecule has 0 bridgehead atoms. The third kappa shape index (κ3) is 2.91. The van der Waals surface area contributed by atoms with Crippen LogP contribution in [0.4, 0.5) is 5.69 Å². The van der Waals surface area contributed by atoms with Crippen molar-refractivity contribution in [2.75, 3.05) is 12.4 Å². The molecule has 1 heterocycles. The highest BCUT2D eigenvalue weighted by atomic mass is 16.5. The summed E-state index contributed by atoms with van der Waals surface area (Å²) in [7, 11) is 3.09. The van der Waals surface area contributed by atoms with E-state index < -0.39 is 6.04 Å². The van der Waals surface area contributed by atoms with Gasteiger partial charge in [-0.3, -0.25) is 4.79 Å². The van der Waals surface area contributed by atoms with Crippen LogP contribution >= 0.6 is 0 Å². The minimum absolute atomic E-state index is 0.0419. The van der Waals surface area contributed by atoms with Gasteiger partial charge in [-0.15, -0.1) is 0 Å². The number of ether oxygens (including phenoxy) is 1. The Morgan fingerprint density at radius 3 is 2.57 bits per heavy atom. The molecule has 0 saturated carbocycles. The molecule has 1 aromatic carbocycles. The number of methoxy groups -OCH3 is 1. The molecule has 1 unspecified atom stereocenters. The molecule has 2 rings (SSSR count). The number of fused-ring (bicyclic) bond motifs is 1. The molecule has 2 aromatic rings. The first-order chi connectivity index (χ1) is 9.95. The number of rotatable bonds is 4. The monoisotopic (exact) mass is 288 g/mol. The van der Waals surface area contributed by atoms with E-state index in [-0.39, 0.29) is 17.4 Å². The molecule has 0 aliphatic rings. The van der Waals surface area contributed by atoms with Crippen LogP contribution in [0.15, 0.2) is 35.1 Å². The van der Waals surface area contributed by atoms with Gasteiger partial charge in [-0.1, -0.05) is 32.0 Å². The number of carbonyl (C=O) groups excluding carboxylic acids is 1. The second kappa shape index (κ2) is 5.99. The summed E-state index contributed by atoms with van der Waals surface area (Å²) < 4.78 is 6.41. The topological polar surface area (TPSA) is 60.3 Å². The SMILES string of the molecule is COC(=O)C(Nc1cc(=O)n(C)c2ccccc12)C(C)C. The Morgan fingerprint density at radius 2 is 1.95 bits per heavy atom. The van der Waals surface area contributed by atoms with Crippen molar-refractivity contribution in [3.05, 3.63) is 40.7 Å². The summed E-state index contributed by atoms with van der Waals surface area (Å²) in [6, 6.07) is 8.61. The van der Waals surface area contributed by atoms with Gasteiger partial charge in [0, 0.05) is 24.2 Å². The number of hydrogen-bond acceptors (Lipinski definition) is 4. The average Bonchev–Trinajstić information content (AvgIpc) is 2.48. The van der Waals surface area contributed by atoms with E-state index >= 15 is 0 Å². The highest BCUT2D eigenvalue weighted by Crippen LogP contribution is 2.23. The van der Waals surface area contributed by atoms with Crippen LogP contribution in [0.5, 0.6) is 0 Å². The van der Waals surface area contributed by atoms with Gasteiger partial charge in [-0.25, -0.2) is 4.79 Å². The minimum atomic E-state index is -0.495. The predicted octanol–water partition coefficient (Wildman–Crippen LogP) is 2.15. The number of nitrogens with zero attached hydrogens (tertiary/aromatic N) is 1. The van der Waals surface area contributed by atoms with E-state index in [0.717, 1.165) is 10.9 Å². The second-order valence-electron chi connectivity index (χ2n) is 5.36. The van der Waals surface area contributed by atoms with Crippen molar-refractivity contribution in [2.45, 2.75) is 19.9 Å². The first-order valence-electron chi connectivity index (χ1n) is 6.89. The second-order valence-corrected chi connectivity index (χ2v) is 5.36. The van der Waals surface area contributed by atoms with Crippen molar-refractivity contribution in [2.24, 2.45) is 13.0 Å². The number of anilines is 1. The Bertz CT molecular complexity index is 719. The van der Waals surface area contributed by atoms with Crippen molar-refractivity contribution in [3.63, 3.8) is 0 Å². The van der Waals surface area contributed by atoms with Crippen LogP contribution in [0, 0.1) is 5.92 Å². The van der Waals surface area contributed by atoms with Crippen molar-refractivity contribution in [1.82, 2.24) is 4.57 Å². The normalized spacial score (nSPS) is 12.4. The van der Waals surface area contributed by atoms with Crippen molar-refractivity contribution >= 4 is 22.6 Å². The van der Waals surface area contributed by atoms with Crippen LogP contribution in [0.1, 0.15) is 13.8 Å². The first kappa shape index (κ1) is 15.1. The van der Waals surface area contributed by atoms with E-state index in [9.17, 15) is 9.59 Å². The van der Waals surface area contributed by atoms with Crippen molar-refractivity contribution in [3.8, 4) is 0 Å². The fourth-order valence-corrected chi connectivity index (χ4v) is 2.32. The van der Waals surface area contributed by atoms with Gasteiger partial charge in [0.1, 0.15) is 6.04 Å². The van der Waals surface area contributed by atoms with Crippen LogP contribution in [-0.4, -0.2) is 23.7 Å². The molecule has 112 valence electrons. The lowest BCUT2D eigenvalue weighted by atomic mass is 10.0. The molecule has 21 heavy (non-hydrogen) atoms. The van der Waals surface area contributed by atoms with Crippen LogP contribution in [-0.2, 0) is 16.6 Å². The summed E-state index contributed by atoms with van der Waals surface area (Å²) >= 11 is 0. The van der Waals surface area contributed by atoms with E-state index in [0.29, 0.717) is 5.69 Å². The van der Waals surface area contributed by atoms with Crippen LogP contribution in [0.2, 0.25) is 0 Å². The van der Waals surface area contributed by atoms with Gasteiger partial charge in [0.2, 0.25) is 0 Å². The molecule has 0 saturated heterocycles. The van der Waals surface area contributed by atoms with Gasteiger partial charge in [-0.05, 0) is 12.0 Å². The molecule has 1 N–H and O–H groups in total. The van der Waals surface area contributed by atoms with E-state index in [4.69, 9.17) is 4.74 Å². The maximum Gasteiger partial charge on any atom is 0.328 e. The van der Waals surface area contributed by atoms with E-state index in [1.165, 1.54) is 13.2 Å². The zero-order valence-corrected chi connectivity index (χ0v) is 12.7. The van der Waals surface area contributed by atoms with Gasteiger partial charge >= 0.3 is 5.97 Å². The molecule has 5 nitrogen and oxygen atoms in total. The largest absolute Gasteiger partial charge is 0.467 e. The van der Waals surface area contributed by atoms with Crippen LogP contribution in [0.25, 0.3) is 10.9 Å². The number of aryl methyl sites for hydroxylation is 1. The average molecular weight is 288 g/mol. The molecule has 5 heteroatoms. The van der Waals surface area contributed by atoms with Crippen LogP contribution in [0.3, 0.4) is 0 Å². The molecular weight excluding hydrogens is 268 g/mol. The third-order valence-electron chi connectivity index (χ3n) is 3.59. The number of carbonyl (C=O) groups is 1. The van der Waals surface area contributed by atoms with Gasteiger partial charge in [0.05, 0.1) is 12.6 Å².